The third kappa shape index (κ3) is 9.67. The van der Waals surface area contributed by atoms with E-state index in [2.05, 4.69) is 9.64 Å². The van der Waals surface area contributed by atoms with Gasteiger partial charge in [-0.25, -0.2) is 0 Å². The minimum absolute atomic E-state index is 0.0286. The first-order chi connectivity index (χ1) is 8.20. The normalized spacial score (nSPS) is 13.3. The van der Waals surface area contributed by atoms with Gasteiger partial charge >= 0.3 is 6.18 Å². The lowest BCUT2D eigenvalue weighted by Gasteiger charge is -2.31. The maximum Gasteiger partial charge on any atom is 0.411 e. The van der Waals surface area contributed by atoms with Crippen LogP contribution in [0.5, 0.6) is 0 Å². The van der Waals surface area contributed by atoms with E-state index in [0.29, 0.717) is 13.1 Å². The molecule has 0 rings (SSSR count). The van der Waals surface area contributed by atoms with Gasteiger partial charge in [0.2, 0.25) is 0 Å². The van der Waals surface area contributed by atoms with Gasteiger partial charge in [-0.1, -0.05) is 20.8 Å². The van der Waals surface area contributed by atoms with E-state index in [-0.39, 0.29) is 12.0 Å². The summed E-state index contributed by atoms with van der Waals surface area (Å²) in [6.07, 6.45) is -3.29. The maximum atomic E-state index is 11.9. The lowest BCUT2D eigenvalue weighted by atomic mass is 9.93. The molecule has 0 radical (unpaired) electrons. The molecule has 0 amide bonds. The molecule has 0 atom stereocenters. The van der Waals surface area contributed by atoms with Gasteiger partial charge in [0.05, 0.1) is 6.61 Å². The molecule has 0 fully saturated rings. The van der Waals surface area contributed by atoms with Crippen LogP contribution in [0, 0.1) is 5.41 Å². The van der Waals surface area contributed by atoms with E-state index in [0.717, 1.165) is 19.5 Å². The average Bonchev–Trinajstić information content (AvgIpc) is 2.23. The molecule has 0 aliphatic carbocycles. The van der Waals surface area contributed by atoms with E-state index in [1.54, 1.807) is 0 Å². The van der Waals surface area contributed by atoms with Crippen molar-refractivity contribution in [3.8, 4) is 0 Å². The summed E-state index contributed by atoms with van der Waals surface area (Å²) in [6, 6.07) is 0. The zero-order valence-corrected chi connectivity index (χ0v) is 11.5. The summed E-state index contributed by atoms with van der Waals surface area (Å²) in [4.78, 5) is 2.10. The second kappa shape index (κ2) is 7.96. The van der Waals surface area contributed by atoms with Crippen LogP contribution in [0.4, 0.5) is 13.2 Å². The molecule has 0 aromatic carbocycles. The van der Waals surface area contributed by atoms with E-state index >= 15 is 0 Å². The van der Waals surface area contributed by atoms with Crippen LogP contribution in [-0.4, -0.2) is 50.5 Å². The first-order valence-electron chi connectivity index (χ1n) is 6.27. The molecule has 0 aromatic heterocycles. The second-order valence-electron chi connectivity index (χ2n) is 5.31. The van der Waals surface area contributed by atoms with Crippen LogP contribution in [0.3, 0.4) is 0 Å². The second-order valence-corrected chi connectivity index (χ2v) is 5.31. The average molecular weight is 270 g/mol. The summed E-state index contributed by atoms with van der Waals surface area (Å²) in [5, 5.41) is 0. The van der Waals surface area contributed by atoms with Crippen molar-refractivity contribution in [1.29, 1.82) is 0 Å². The third-order valence-electron chi connectivity index (χ3n) is 2.56. The highest BCUT2D eigenvalue weighted by atomic mass is 19.4. The molecule has 0 aliphatic rings. The topological polar surface area (TPSA) is 38.5 Å². The van der Waals surface area contributed by atoms with Gasteiger partial charge in [-0.15, -0.1) is 0 Å². The minimum atomic E-state index is -4.24. The van der Waals surface area contributed by atoms with Crippen LogP contribution >= 0.6 is 0 Å². The fourth-order valence-corrected chi connectivity index (χ4v) is 1.64. The Morgan fingerprint density at radius 3 is 2.22 bits per heavy atom. The number of halogens is 3. The molecule has 6 heteroatoms. The van der Waals surface area contributed by atoms with E-state index in [1.165, 1.54) is 0 Å². The molecular formula is C12H25F3N2O. The van der Waals surface area contributed by atoms with Crippen LogP contribution < -0.4 is 5.73 Å². The predicted molar refractivity (Wildman–Crippen MR) is 66.4 cm³/mol. The molecule has 0 saturated heterocycles. The molecule has 0 aliphatic heterocycles. The van der Waals surface area contributed by atoms with Crippen LogP contribution in [0.25, 0.3) is 0 Å². The molecule has 0 spiro atoms. The Morgan fingerprint density at radius 1 is 1.17 bits per heavy atom. The van der Waals surface area contributed by atoms with Crippen molar-refractivity contribution in [2.24, 2.45) is 11.1 Å². The number of hydrogen-bond acceptors (Lipinski definition) is 3. The lowest BCUT2D eigenvalue weighted by Crippen LogP contribution is -2.40. The Morgan fingerprint density at radius 2 is 1.78 bits per heavy atom. The van der Waals surface area contributed by atoms with Crippen molar-refractivity contribution < 1.29 is 17.9 Å². The highest BCUT2D eigenvalue weighted by Gasteiger charge is 2.27. The highest BCUT2D eigenvalue weighted by Crippen LogP contribution is 2.16. The van der Waals surface area contributed by atoms with Crippen molar-refractivity contribution in [3.05, 3.63) is 0 Å². The van der Waals surface area contributed by atoms with Crippen LogP contribution in [0.15, 0.2) is 0 Å². The number of nitrogens with two attached hydrogens (primary N) is 1. The van der Waals surface area contributed by atoms with Gasteiger partial charge in [-0.3, -0.25) is 0 Å². The Hall–Kier alpha value is -0.330. The SMILES string of the molecule is CCCN(CCOCC(F)(F)F)CC(C)(C)CN. The Bertz CT molecular complexity index is 220. The summed E-state index contributed by atoms with van der Waals surface area (Å²) in [5.41, 5.74) is 5.63. The highest BCUT2D eigenvalue weighted by molar-refractivity contribution is 4.74. The summed E-state index contributed by atoms with van der Waals surface area (Å²) >= 11 is 0. The summed E-state index contributed by atoms with van der Waals surface area (Å²) in [6.45, 7) is 7.74. The number of ether oxygens (including phenoxy) is 1. The van der Waals surface area contributed by atoms with E-state index in [1.807, 2.05) is 20.8 Å². The van der Waals surface area contributed by atoms with E-state index in [4.69, 9.17) is 5.73 Å². The Kier molecular flexibility index (Phi) is 7.82. The van der Waals surface area contributed by atoms with Crippen LogP contribution in [0.2, 0.25) is 0 Å². The Balaban J connectivity index is 3.98. The number of rotatable bonds is 9. The number of alkyl halides is 3. The van der Waals surface area contributed by atoms with Gasteiger partial charge in [0.1, 0.15) is 6.61 Å². The van der Waals surface area contributed by atoms with E-state index < -0.39 is 12.8 Å². The van der Waals surface area contributed by atoms with Gasteiger partial charge in [0.25, 0.3) is 0 Å². The van der Waals surface area contributed by atoms with Gasteiger partial charge in [0, 0.05) is 13.1 Å². The summed E-state index contributed by atoms with van der Waals surface area (Å²) in [5.74, 6) is 0. The largest absolute Gasteiger partial charge is 0.411 e. The smallest absolute Gasteiger partial charge is 0.371 e. The molecule has 0 heterocycles. The van der Waals surface area contributed by atoms with Gasteiger partial charge < -0.3 is 15.4 Å². The fraction of sp³-hybridized carbons (Fsp3) is 1.00. The minimum Gasteiger partial charge on any atom is -0.371 e. The zero-order valence-electron chi connectivity index (χ0n) is 11.5. The van der Waals surface area contributed by atoms with Crippen molar-refractivity contribution in [3.63, 3.8) is 0 Å². The zero-order chi connectivity index (χ0) is 14.2. The molecule has 18 heavy (non-hydrogen) atoms. The lowest BCUT2D eigenvalue weighted by molar-refractivity contribution is -0.174. The first kappa shape index (κ1) is 17.7. The molecular weight excluding hydrogens is 245 g/mol. The van der Waals surface area contributed by atoms with Crippen molar-refractivity contribution in [1.82, 2.24) is 4.90 Å². The van der Waals surface area contributed by atoms with Gasteiger partial charge in [0.15, 0.2) is 0 Å². The predicted octanol–water partition coefficient (Wildman–Crippen LogP) is 2.26. The van der Waals surface area contributed by atoms with Crippen molar-refractivity contribution in [2.75, 3.05) is 39.4 Å². The molecule has 110 valence electrons. The monoisotopic (exact) mass is 270 g/mol. The standard InChI is InChI=1S/C12H25F3N2O/c1-4-5-17(9-11(2,3)8-16)6-7-18-10-12(13,14)15/h4-10,16H2,1-3H3. The summed E-state index contributed by atoms with van der Waals surface area (Å²) < 4.78 is 40.3. The van der Waals surface area contributed by atoms with Gasteiger partial charge in [-0.05, 0) is 24.9 Å². The molecule has 0 bridgehead atoms. The molecule has 0 unspecified atom stereocenters. The molecule has 2 N–H and O–H groups in total. The van der Waals surface area contributed by atoms with E-state index in [9.17, 15) is 13.2 Å². The van der Waals surface area contributed by atoms with Crippen molar-refractivity contribution >= 4 is 0 Å². The summed E-state index contributed by atoms with van der Waals surface area (Å²) in [7, 11) is 0. The molecule has 3 nitrogen and oxygen atoms in total. The number of hydrogen-bond donors (Lipinski definition) is 1. The first-order valence-corrected chi connectivity index (χ1v) is 6.27. The van der Waals surface area contributed by atoms with Crippen molar-refractivity contribution in [2.45, 2.75) is 33.4 Å². The molecule has 0 aromatic rings. The van der Waals surface area contributed by atoms with Gasteiger partial charge in [-0.2, -0.15) is 13.2 Å². The van der Waals surface area contributed by atoms with Crippen LogP contribution in [-0.2, 0) is 4.74 Å². The fourth-order valence-electron chi connectivity index (χ4n) is 1.64. The Labute approximate surface area is 107 Å². The van der Waals surface area contributed by atoms with Crippen LogP contribution in [0.1, 0.15) is 27.2 Å². The quantitative estimate of drug-likeness (QED) is 0.653. The molecule has 0 saturated carbocycles. The number of nitrogens with zero attached hydrogens (tertiary/aromatic N) is 1. The third-order valence-corrected chi connectivity index (χ3v) is 2.56. The maximum absolute atomic E-state index is 11.9.